The normalized spacial score (nSPS) is 34.8. The Morgan fingerprint density at radius 3 is 2.50 bits per heavy atom. The lowest BCUT2D eigenvalue weighted by atomic mass is 9.61. The first kappa shape index (κ1) is 13.7. The molecular formula is C13H22N2O2S. The van der Waals surface area contributed by atoms with E-state index in [2.05, 4.69) is 6.92 Å². The Hall–Kier alpha value is -0.680. The number of hydrogen-bond donors (Lipinski definition) is 1. The van der Waals surface area contributed by atoms with Crippen LogP contribution in [0.3, 0.4) is 0 Å². The Labute approximate surface area is 114 Å². The lowest BCUT2D eigenvalue weighted by Crippen LogP contribution is -2.61. The molecule has 1 heterocycles. The van der Waals surface area contributed by atoms with Gasteiger partial charge in [-0.05, 0) is 32.6 Å². The van der Waals surface area contributed by atoms with Gasteiger partial charge in [0.05, 0.1) is 22.6 Å². The number of hydrogen-bond acceptors (Lipinski definition) is 3. The molecule has 0 aromatic heterocycles. The molecule has 2 rings (SSSR count). The van der Waals surface area contributed by atoms with Gasteiger partial charge in [-0.2, -0.15) is 0 Å². The summed E-state index contributed by atoms with van der Waals surface area (Å²) in [5.41, 5.74) is 4.96. The monoisotopic (exact) mass is 270 g/mol. The molecule has 102 valence electrons. The molecule has 1 amide bonds. The molecule has 1 aliphatic carbocycles. The summed E-state index contributed by atoms with van der Waals surface area (Å²) in [7, 11) is 0. The second kappa shape index (κ2) is 4.46. The van der Waals surface area contributed by atoms with Crippen LogP contribution in [0.5, 0.6) is 0 Å². The third kappa shape index (κ3) is 2.26. The number of morpholine rings is 1. The van der Waals surface area contributed by atoms with Crippen molar-refractivity contribution in [2.45, 2.75) is 39.2 Å². The first-order valence-corrected chi connectivity index (χ1v) is 6.91. The fourth-order valence-electron chi connectivity index (χ4n) is 3.10. The molecule has 0 radical (unpaired) electrons. The summed E-state index contributed by atoms with van der Waals surface area (Å²) < 4.78 is 5.63. The van der Waals surface area contributed by atoms with E-state index in [1.165, 1.54) is 0 Å². The average molecular weight is 270 g/mol. The number of ether oxygens (including phenoxy) is 1. The lowest BCUT2D eigenvalue weighted by molar-refractivity contribution is -0.158. The van der Waals surface area contributed by atoms with E-state index in [-0.39, 0.29) is 11.5 Å². The minimum absolute atomic E-state index is 0.101. The van der Waals surface area contributed by atoms with Crippen LogP contribution in [0.2, 0.25) is 0 Å². The second-order valence-corrected chi connectivity index (χ2v) is 6.73. The van der Waals surface area contributed by atoms with Crippen LogP contribution in [0, 0.1) is 11.3 Å². The van der Waals surface area contributed by atoms with Crippen molar-refractivity contribution in [1.29, 1.82) is 0 Å². The maximum Gasteiger partial charge on any atom is 0.235 e. The Morgan fingerprint density at radius 2 is 2.06 bits per heavy atom. The molecule has 2 aliphatic rings. The van der Waals surface area contributed by atoms with Crippen molar-refractivity contribution in [3.05, 3.63) is 0 Å². The molecular weight excluding hydrogens is 248 g/mol. The third-order valence-electron chi connectivity index (χ3n) is 3.99. The van der Waals surface area contributed by atoms with Crippen molar-refractivity contribution in [1.82, 2.24) is 4.90 Å². The van der Waals surface area contributed by atoms with Gasteiger partial charge in [0, 0.05) is 13.1 Å². The Balaban J connectivity index is 2.13. The van der Waals surface area contributed by atoms with E-state index < -0.39 is 5.41 Å². The average Bonchev–Trinajstić information content (AvgIpc) is 2.21. The van der Waals surface area contributed by atoms with Crippen molar-refractivity contribution in [3.63, 3.8) is 0 Å². The van der Waals surface area contributed by atoms with Gasteiger partial charge in [-0.1, -0.05) is 19.1 Å². The second-order valence-electron chi connectivity index (χ2n) is 6.29. The first-order valence-electron chi connectivity index (χ1n) is 6.50. The van der Waals surface area contributed by atoms with Gasteiger partial charge < -0.3 is 15.4 Å². The van der Waals surface area contributed by atoms with E-state index in [0.29, 0.717) is 30.6 Å². The zero-order valence-electron chi connectivity index (χ0n) is 11.4. The summed E-state index contributed by atoms with van der Waals surface area (Å²) in [4.78, 5) is 14.9. The number of rotatable bonds is 2. The van der Waals surface area contributed by atoms with Gasteiger partial charge in [-0.15, -0.1) is 0 Å². The van der Waals surface area contributed by atoms with E-state index >= 15 is 0 Å². The van der Waals surface area contributed by atoms with Crippen molar-refractivity contribution in [2.24, 2.45) is 17.1 Å². The summed E-state index contributed by atoms with van der Waals surface area (Å²) in [5.74, 6) is 0.633. The lowest BCUT2D eigenvalue weighted by Gasteiger charge is -2.49. The number of amides is 1. The highest BCUT2D eigenvalue weighted by molar-refractivity contribution is 7.80. The van der Waals surface area contributed by atoms with Crippen LogP contribution in [0.25, 0.3) is 0 Å². The molecule has 2 N–H and O–H groups in total. The van der Waals surface area contributed by atoms with E-state index in [1.807, 2.05) is 18.7 Å². The van der Waals surface area contributed by atoms with E-state index in [4.69, 9.17) is 22.7 Å². The fraction of sp³-hybridized carbons (Fsp3) is 0.846. The van der Waals surface area contributed by atoms with Crippen LogP contribution in [0.1, 0.15) is 33.6 Å². The number of carbonyl (C=O) groups excluding carboxylic acids is 1. The van der Waals surface area contributed by atoms with E-state index in [1.54, 1.807) is 0 Å². The van der Waals surface area contributed by atoms with Crippen LogP contribution in [-0.4, -0.2) is 41.1 Å². The van der Waals surface area contributed by atoms with Gasteiger partial charge in [-0.3, -0.25) is 4.79 Å². The number of thiocarbonyl (C=S) groups is 1. The van der Waals surface area contributed by atoms with Gasteiger partial charge >= 0.3 is 0 Å². The summed E-state index contributed by atoms with van der Waals surface area (Å²) in [6.07, 6.45) is 1.58. The highest BCUT2D eigenvalue weighted by atomic mass is 32.1. The van der Waals surface area contributed by atoms with Crippen molar-refractivity contribution < 1.29 is 9.53 Å². The largest absolute Gasteiger partial charge is 0.392 e. The van der Waals surface area contributed by atoms with Crippen LogP contribution < -0.4 is 5.73 Å². The zero-order chi connectivity index (χ0) is 13.6. The van der Waals surface area contributed by atoms with Crippen molar-refractivity contribution in [3.8, 4) is 0 Å². The highest BCUT2D eigenvalue weighted by Gasteiger charge is 2.53. The predicted octanol–water partition coefficient (Wildman–Crippen LogP) is 1.33. The van der Waals surface area contributed by atoms with Crippen LogP contribution >= 0.6 is 12.2 Å². The topological polar surface area (TPSA) is 55.6 Å². The fourth-order valence-corrected chi connectivity index (χ4v) is 3.36. The highest BCUT2D eigenvalue weighted by Crippen LogP contribution is 2.47. The predicted molar refractivity (Wildman–Crippen MR) is 74.2 cm³/mol. The number of nitrogens with two attached hydrogens (primary N) is 1. The molecule has 0 unspecified atom stereocenters. The van der Waals surface area contributed by atoms with Crippen molar-refractivity contribution in [2.75, 3.05) is 19.7 Å². The molecule has 4 nitrogen and oxygen atoms in total. The number of nitrogens with zero attached hydrogens (tertiary/aromatic N) is 1. The van der Waals surface area contributed by atoms with Crippen LogP contribution in [-0.2, 0) is 9.53 Å². The van der Waals surface area contributed by atoms with E-state index in [9.17, 15) is 4.79 Å². The molecule has 18 heavy (non-hydrogen) atoms. The van der Waals surface area contributed by atoms with Gasteiger partial charge in [0.2, 0.25) is 5.91 Å². The standard InChI is InChI=1S/C13H22N2O2S/c1-9-6-13(7-9,10(14)18)11(16)15-4-5-17-12(2,3)8-15/h9H,4-8H2,1-3H3,(H2,14,18). The first-order chi connectivity index (χ1) is 8.27. The smallest absolute Gasteiger partial charge is 0.235 e. The van der Waals surface area contributed by atoms with Crippen molar-refractivity contribution >= 4 is 23.1 Å². The maximum absolute atomic E-state index is 12.7. The van der Waals surface area contributed by atoms with Gasteiger partial charge in [0.15, 0.2) is 0 Å². The summed E-state index contributed by atoms with van der Waals surface area (Å²) in [6.45, 7) is 7.98. The molecule has 1 saturated carbocycles. The minimum Gasteiger partial charge on any atom is -0.392 e. The Bertz CT molecular complexity index is 375. The maximum atomic E-state index is 12.7. The van der Waals surface area contributed by atoms with Crippen LogP contribution in [0.4, 0.5) is 0 Å². The van der Waals surface area contributed by atoms with Gasteiger partial charge in [-0.25, -0.2) is 0 Å². The molecule has 0 aromatic carbocycles. The number of carbonyl (C=O) groups is 1. The molecule has 1 aliphatic heterocycles. The molecule has 5 heteroatoms. The summed E-state index contributed by atoms with van der Waals surface area (Å²) in [5, 5.41) is 0. The summed E-state index contributed by atoms with van der Waals surface area (Å²) >= 11 is 5.14. The quantitative estimate of drug-likeness (QED) is 0.769. The molecule has 2 fully saturated rings. The Morgan fingerprint density at radius 1 is 1.44 bits per heavy atom. The van der Waals surface area contributed by atoms with Gasteiger partial charge in [0.1, 0.15) is 0 Å². The SMILES string of the molecule is CC1CC(C(=O)N2CCOC(C)(C)C2)(C(N)=S)C1. The molecule has 1 saturated heterocycles. The summed E-state index contributed by atoms with van der Waals surface area (Å²) in [6, 6.07) is 0. The van der Waals surface area contributed by atoms with E-state index in [0.717, 1.165) is 12.8 Å². The molecule has 0 atom stereocenters. The Kier molecular flexibility index (Phi) is 3.40. The van der Waals surface area contributed by atoms with Crippen LogP contribution in [0.15, 0.2) is 0 Å². The molecule has 0 bridgehead atoms. The van der Waals surface area contributed by atoms with Gasteiger partial charge in [0.25, 0.3) is 0 Å². The zero-order valence-corrected chi connectivity index (χ0v) is 12.2. The third-order valence-corrected chi connectivity index (χ3v) is 4.38. The molecule has 0 aromatic rings. The molecule has 0 spiro atoms. The minimum atomic E-state index is -0.581.